The molecule has 0 aromatic heterocycles. The predicted molar refractivity (Wildman–Crippen MR) is 108 cm³/mol. The van der Waals surface area contributed by atoms with Crippen molar-refractivity contribution < 1.29 is 13.2 Å². The van der Waals surface area contributed by atoms with E-state index in [1.807, 2.05) is 39.0 Å². The van der Waals surface area contributed by atoms with Gasteiger partial charge in [-0.15, -0.1) is 0 Å². The molecule has 2 aromatic rings. The smallest absolute Gasteiger partial charge is 0.255 e. The first-order valence-electron chi connectivity index (χ1n) is 7.78. The van der Waals surface area contributed by atoms with E-state index in [-0.39, 0.29) is 16.8 Å². The molecule has 0 fully saturated rings. The lowest BCUT2D eigenvalue weighted by Crippen LogP contribution is -2.33. The number of halogens is 1. The summed E-state index contributed by atoms with van der Waals surface area (Å²) >= 11 is 2.21. The highest BCUT2D eigenvalue weighted by Crippen LogP contribution is 2.20. The average molecular weight is 472 g/mol. The molecule has 0 aliphatic rings. The third-order valence-electron chi connectivity index (χ3n) is 3.96. The van der Waals surface area contributed by atoms with Crippen LogP contribution in [-0.4, -0.2) is 31.7 Å². The molecule has 5 nitrogen and oxygen atoms in total. The predicted octanol–water partition coefficient (Wildman–Crippen LogP) is 3.88. The van der Waals surface area contributed by atoms with E-state index in [1.54, 1.807) is 7.05 Å². The average Bonchev–Trinajstić information content (AvgIpc) is 2.56. The fourth-order valence-electron chi connectivity index (χ4n) is 2.18. The summed E-state index contributed by atoms with van der Waals surface area (Å²) in [6.07, 6.45) is 0. The highest BCUT2D eigenvalue weighted by atomic mass is 127. The number of rotatable bonds is 5. The molecule has 2 rings (SSSR count). The molecule has 1 N–H and O–H groups in total. The third kappa shape index (κ3) is 4.59. The molecule has 0 radical (unpaired) electrons. The number of benzene rings is 2. The molecule has 2 aromatic carbocycles. The van der Waals surface area contributed by atoms with Gasteiger partial charge in [0.1, 0.15) is 0 Å². The summed E-state index contributed by atoms with van der Waals surface area (Å²) in [4.78, 5) is 12.6. The van der Waals surface area contributed by atoms with E-state index in [2.05, 4.69) is 27.9 Å². The van der Waals surface area contributed by atoms with Gasteiger partial charge in [-0.3, -0.25) is 4.79 Å². The van der Waals surface area contributed by atoms with Crippen LogP contribution in [-0.2, 0) is 10.0 Å². The summed E-state index contributed by atoms with van der Waals surface area (Å²) in [6, 6.07) is 11.6. The molecule has 0 spiro atoms. The zero-order valence-corrected chi connectivity index (χ0v) is 17.6. The summed E-state index contributed by atoms with van der Waals surface area (Å²) in [5.74, 6) is -0.273. The van der Waals surface area contributed by atoms with Crippen molar-refractivity contribution in [2.75, 3.05) is 12.4 Å². The molecule has 25 heavy (non-hydrogen) atoms. The minimum atomic E-state index is -3.55. The van der Waals surface area contributed by atoms with E-state index in [1.165, 1.54) is 28.6 Å². The zero-order valence-electron chi connectivity index (χ0n) is 14.6. The first-order chi connectivity index (χ1) is 11.6. The Morgan fingerprint density at radius 3 is 2.24 bits per heavy atom. The lowest BCUT2D eigenvalue weighted by Gasteiger charge is -2.21. The second-order valence-corrected chi connectivity index (χ2v) is 9.30. The Hall–Kier alpha value is -1.45. The molecule has 0 unspecified atom stereocenters. The van der Waals surface area contributed by atoms with Crippen LogP contribution >= 0.6 is 22.6 Å². The third-order valence-corrected chi connectivity index (χ3v) is 6.68. The van der Waals surface area contributed by atoms with Gasteiger partial charge in [-0.1, -0.05) is 0 Å². The SMILES string of the molecule is Cc1cc(I)ccc1NC(=O)c1ccc(S(=O)(=O)N(C)C(C)C)cc1. The molecular weight excluding hydrogens is 451 g/mol. The van der Waals surface area contributed by atoms with Gasteiger partial charge in [0.15, 0.2) is 0 Å². The number of carbonyl (C=O) groups is 1. The first kappa shape index (κ1) is 19.9. The number of hydrogen-bond acceptors (Lipinski definition) is 3. The summed E-state index contributed by atoms with van der Waals surface area (Å²) in [5.41, 5.74) is 2.11. The lowest BCUT2D eigenvalue weighted by molar-refractivity contribution is 0.102. The van der Waals surface area contributed by atoms with Crippen LogP contribution in [0.4, 0.5) is 5.69 Å². The van der Waals surface area contributed by atoms with Crippen LogP contribution in [0.2, 0.25) is 0 Å². The van der Waals surface area contributed by atoms with Crippen LogP contribution in [0.1, 0.15) is 29.8 Å². The normalized spacial score (nSPS) is 11.8. The van der Waals surface area contributed by atoms with Crippen LogP contribution < -0.4 is 5.32 Å². The molecule has 134 valence electrons. The summed E-state index contributed by atoms with van der Waals surface area (Å²) in [6.45, 7) is 5.54. The van der Waals surface area contributed by atoms with Crippen LogP contribution in [0.15, 0.2) is 47.4 Å². The van der Waals surface area contributed by atoms with Crippen molar-refractivity contribution in [1.82, 2.24) is 4.31 Å². The van der Waals surface area contributed by atoms with Crippen molar-refractivity contribution >= 4 is 44.2 Å². The number of nitrogens with one attached hydrogen (secondary N) is 1. The van der Waals surface area contributed by atoms with Crippen molar-refractivity contribution in [2.45, 2.75) is 31.7 Å². The van der Waals surface area contributed by atoms with E-state index in [4.69, 9.17) is 0 Å². The molecule has 0 atom stereocenters. The van der Waals surface area contributed by atoms with Gasteiger partial charge in [-0.05, 0) is 91.4 Å². The highest BCUT2D eigenvalue weighted by molar-refractivity contribution is 14.1. The molecule has 0 aliphatic heterocycles. The summed E-state index contributed by atoms with van der Waals surface area (Å²) in [5, 5.41) is 2.85. The molecule has 1 amide bonds. The number of anilines is 1. The minimum Gasteiger partial charge on any atom is -0.322 e. The fourth-order valence-corrected chi connectivity index (χ4v) is 4.20. The Kier molecular flexibility index (Phi) is 6.23. The van der Waals surface area contributed by atoms with Crippen molar-refractivity contribution in [3.8, 4) is 0 Å². The van der Waals surface area contributed by atoms with Crippen LogP contribution in [0, 0.1) is 10.5 Å². The zero-order chi connectivity index (χ0) is 18.8. The first-order valence-corrected chi connectivity index (χ1v) is 10.3. The van der Waals surface area contributed by atoms with Crippen LogP contribution in [0.3, 0.4) is 0 Å². The van der Waals surface area contributed by atoms with Gasteiger partial charge >= 0.3 is 0 Å². The minimum absolute atomic E-state index is 0.142. The molecule has 0 aliphatic carbocycles. The van der Waals surface area contributed by atoms with Gasteiger partial charge < -0.3 is 5.32 Å². The Bertz CT molecular complexity index is 878. The molecule has 0 saturated heterocycles. The van der Waals surface area contributed by atoms with Gasteiger partial charge in [0.05, 0.1) is 4.90 Å². The monoisotopic (exact) mass is 472 g/mol. The van der Waals surface area contributed by atoms with Gasteiger partial charge in [0.25, 0.3) is 5.91 Å². The van der Waals surface area contributed by atoms with Crippen molar-refractivity contribution in [3.05, 3.63) is 57.2 Å². The quantitative estimate of drug-likeness (QED) is 0.672. The number of carbonyl (C=O) groups excluding carboxylic acids is 1. The number of hydrogen-bond donors (Lipinski definition) is 1. The number of aryl methyl sites for hydroxylation is 1. The second kappa shape index (κ2) is 7.84. The van der Waals surface area contributed by atoms with Crippen LogP contribution in [0.5, 0.6) is 0 Å². The van der Waals surface area contributed by atoms with E-state index in [0.29, 0.717) is 5.56 Å². The van der Waals surface area contributed by atoms with Crippen molar-refractivity contribution in [2.24, 2.45) is 0 Å². The molecule has 0 saturated carbocycles. The standard InChI is InChI=1S/C18H21IN2O3S/c1-12(2)21(4)25(23,24)16-8-5-14(6-9-16)18(22)20-17-10-7-15(19)11-13(17)3/h5-12H,1-4H3,(H,20,22). The maximum absolute atomic E-state index is 12.4. The van der Waals surface area contributed by atoms with E-state index < -0.39 is 10.0 Å². The molecular formula is C18H21IN2O3S. The summed E-state index contributed by atoms with van der Waals surface area (Å²) < 4.78 is 27.3. The Morgan fingerprint density at radius 1 is 1.12 bits per heavy atom. The van der Waals surface area contributed by atoms with Gasteiger partial charge in [0, 0.05) is 27.9 Å². The number of nitrogens with zero attached hydrogens (tertiary/aromatic N) is 1. The molecule has 7 heteroatoms. The lowest BCUT2D eigenvalue weighted by atomic mass is 10.1. The van der Waals surface area contributed by atoms with Crippen molar-refractivity contribution in [3.63, 3.8) is 0 Å². The Labute approximate surface area is 162 Å². The Balaban J connectivity index is 2.21. The molecule has 0 heterocycles. The summed E-state index contributed by atoms with van der Waals surface area (Å²) in [7, 11) is -2.01. The van der Waals surface area contributed by atoms with E-state index in [0.717, 1.165) is 14.8 Å². The van der Waals surface area contributed by atoms with Gasteiger partial charge in [0.2, 0.25) is 10.0 Å². The fraction of sp³-hybridized carbons (Fsp3) is 0.278. The maximum Gasteiger partial charge on any atom is 0.255 e. The topological polar surface area (TPSA) is 66.5 Å². The van der Waals surface area contributed by atoms with Gasteiger partial charge in [-0.25, -0.2) is 8.42 Å². The van der Waals surface area contributed by atoms with Crippen molar-refractivity contribution in [1.29, 1.82) is 0 Å². The highest BCUT2D eigenvalue weighted by Gasteiger charge is 2.23. The van der Waals surface area contributed by atoms with E-state index >= 15 is 0 Å². The largest absolute Gasteiger partial charge is 0.322 e. The second-order valence-electron chi connectivity index (χ2n) is 6.05. The van der Waals surface area contributed by atoms with Gasteiger partial charge in [-0.2, -0.15) is 4.31 Å². The number of amides is 1. The number of sulfonamides is 1. The van der Waals surface area contributed by atoms with E-state index in [9.17, 15) is 13.2 Å². The Morgan fingerprint density at radius 2 is 1.72 bits per heavy atom. The maximum atomic E-state index is 12.4. The molecule has 0 bridgehead atoms. The van der Waals surface area contributed by atoms with Crippen LogP contribution in [0.25, 0.3) is 0 Å².